The summed E-state index contributed by atoms with van der Waals surface area (Å²) >= 11 is 0. The maximum absolute atomic E-state index is 4.13. The van der Waals surface area contributed by atoms with Gasteiger partial charge in [-0.1, -0.05) is 24.3 Å². The molecule has 2 aromatic heterocycles. The Labute approximate surface area is 163 Å². The molecule has 2 aromatic carbocycles. The molecule has 0 amide bonds. The van der Waals surface area contributed by atoms with Gasteiger partial charge in [0.1, 0.15) is 25.3 Å². The van der Waals surface area contributed by atoms with Crippen molar-refractivity contribution in [2.45, 2.75) is 13.1 Å². The van der Waals surface area contributed by atoms with E-state index in [4.69, 9.17) is 0 Å². The van der Waals surface area contributed by atoms with Gasteiger partial charge >= 0.3 is 0 Å². The lowest BCUT2D eigenvalue weighted by molar-refractivity contribution is 0.611. The van der Waals surface area contributed by atoms with E-state index in [1.807, 2.05) is 24.3 Å². The Kier molecular flexibility index (Phi) is 5.81. The first-order valence-corrected chi connectivity index (χ1v) is 9.18. The molecule has 28 heavy (non-hydrogen) atoms. The minimum atomic E-state index is 0.839. The van der Waals surface area contributed by atoms with Gasteiger partial charge in [-0.05, 0) is 35.4 Å². The van der Waals surface area contributed by atoms with Gasteiger partial charge in [0.2, 0.25) is 0 Å². The van der Waals surface area contributed by atoms with Gasteiger partial charge in [0, 0.05) is 26.2 Å². The van der Waals surface area contributed by atoms with Gasteiger partial charge in [0.25, 0.3) is 0 Å². The summed E-state index contributed by atoms with van der Waals surface area (Å²) in [7, 11) is 0. The Hall–Kier alpha value is -3.36. The second-order valence-electron chi connectivity index (χ2n) is 6.37. The van der Waals surface area contributed by atoms with Crippen LogP contribution in [0.2, 0.25) is 0 Å². The van der Waals surface area contributed by atoms with Crippen LogP contribution in [0.15, 0.2) is 73.8 Å². The Bertz CT molecular complexity index is 863. The lowest BCUT2D eigenvalue weighted by Gasteiger charge is -2.08. The monoisotopic (exact) mass is 374 g/mol. The Balaban J connectivity index is 1.14. The SMILES string of the molecule is c1ncn(-c2ccc(CNCCNCc3ccc(-n4cncn4)cc3)cc2)n1. The molecular weight excluding hydrogens is 352 g/mol. The Morgan fingerprint density at radius 1 is 0.607 bits per heavy atom. The largest absolute Gasteiger partial charge is 0.311 e. The predicted octanol–water partition coefficient (Wildman–Crippen LogP) is 1.73. The number of nitrogens with one attached hydrogen (secondary N) is 2. The predicted molar refractivity (Wildman–Crippen MR) is 106 cm³/mol. The van der Waals surface area contributed by atoms with E-state index < -0.39 is 0 Å². The molecule has 0 spiro atoms. The molecule has 0 bridgehead atoms. The van der Waals surface area contributed by atoms with Crippen molar-refractivity contribution in [1.29, 1.82) is 0 Å². The third kappa shape index (κ3) is 4.67. The first-order chi connectivity index (χ1) is 13.9. The molecule has 4 rings (SSSR count). The number of rotatable bonds is 9. The van der Waals surface area contributed by atoms with Crippen LogP contribution in [0.4, 0.5) is 0 Å². The molecule has 4 aromatic rings. The molecule has 0 saturated heterocycles. The minimum Gasteiger partial charge on any atom is -0.311 e. The van der Waals surface area contributed by atoms with Gasteiger partial charge in [-0.3, -0.25) is 0 Å². The third-order valence-electron chi connectivity index (χ3n) is 4.38. The first kappa shape index (κ1) is 18.0. The highest BCUT2D eigenvalue weighted by atomic mass is 15.3. The van der Waals surface area contributed by atoms with Crippen LogP contribution >= 0.6 is 0 Å². The number of benzene rings is 2. The third-order valence-corrected chi connectivity index (χ3v) is 4.38. The van der Waals surface area contributed by atoms with E-state index in [0.29, 0.717) is 0 Å². The molecule has 0 radical (unpaired) electrons. The van der Waals surface area contributed by atoms with Crippen molar-refractivity contribution < 1.29 is 0 Å². The van der Waals surface area contributed by atoms with E-state index in [9.17, 15) is 0 Å². The van der Waals surface area contributed by atoms with Crippen LogP contribution in [0.1, 0.15) is 11.1 Å². The van der Waals surface area contributed by atoms with Crippen LogP contribution in [0, 0.1) is 0 Å². The summed E-state index contributed by atoms with van der Waals surface area (Å²) < 4.78 is 3.50. The molecule has 8 heteroatoms. The molecular formula is C20H22N8. The van der Waals surface area contributed by atoms with Gasteiger partial charge in [-0.15, -0.1) is 0 Å². The summed E-state index contributed by atoms with van der Waals surface area (Å²) in [5.74, 6) is 0. The molecule has 2 heterocycles. The average molecular weight is 374 g/mol. The maximum Gasteiger partial charge on any atom is 0.138 e. The highest BCUT2D eigenvalue weighted by Gasteiger charge is 1.99. The summed E-state index contributed by atoms with van der Waals surface area (Å²) in [6.45, 7) is 3.49. The summed E-state index contributed by atoms with van der Waals surface area (Å²) in [6.07, 6.45) is 6.46. The minimum absolute atomic E-state index is 0.839. The van der Waals surface area contributed by atoms with Crippen molar-refractivity contribution in [1.82, 2.24) is 40.2 Å². The highest BCUT2D eigenvalue weighted by molar-refractivity contribution is 5.34. The fourth-order valence-corrected chi connectivity index (χ4v) is 2.86. The number of aromatic nitrogens is 6. The number of hydrogen-bond acceptors (Lipinski definition) is 6. The fourth-order valence-electron chi connectivity index (χ4n) is 2.86. The topological polar surface area (TPSA) is 85.5 Å². The molecule has 0 aliphatic rings. The molecule has 0 unspecified atom stereocenters. The number of nitrogens with zero attached hydrogens (tertiary/aromatic N) is 6. The van der Waals surface area contributed by atoms with Gasteiger partial charge < -0.3 is 10.6 Å². The quantitative estimate of drug-likeness (QED) is 0.434. The van der Waals surface area contributed by atoms with Crippen LogP contribution in [0.25, 0.3) is 11.4 Å². The second kappa shape index (κ2) is 9.03. The zero-order valence-electron chi connectivity index (χ0n) is 15.4. The zero-order valence-corrected chi connectivity index (χ0v) is 15.4. The van der Waals surface area contributed by atoms with Crippen molar-refractivity contribution in [2.24, 2.45) is 0 Å². The van der Waals surface area contributed by atoms with E-state index >= 15 is 0 Å². The molecule has 2 N–H and O–H groups in total. The van der Waals surface area contributed by atoms with E-state index in [0.717, 1.165) is 37.6 Å². The Morgan fingerprint density at radius 3 is 1.39 bits per heavy atom. The van der Waals surface area contributed by atoms with E-state index in [1.54, 1.807) is 22.0 Å². The molecule has 0 aliphatic heterocycles. The fraction of sp³-hybridized carbons (Fsp3) is 0.200. The van der Waals surface area contributed by atoms with Gasteiger partial charge in [0.15, 0.2) is 0 Å². The summed E-state index contributed by atoms with van der Waals surface area (Å²) in [5, 5.41) is 15.2. The van der Waals surface area contributed by atoms with Crippen molar-refractivity contribution in [2.75, 3.05) is 13.1 Å². The molecule has 0 atom stereocenters. The maximum atomic E-state index is 4.13. The smallest absolute Gasteiger partial charge is 0.138 e. The molecule has 0 aliphatic carbocycles. The van der Waals surface area contributed by atoms with E-state index in [-0.39, 0.29) is 0 Å². The first-order valence-electron chi connectivity index (χ1n) is 9.18. The lowest BCUT2D eigenvalue weighted by atomic mass is 10.2. The Morgan fingerprint density at radius 2 is 1.04 bits per heavy atom. The average Bonchev–Trinajstić information content (AvgIpc) is 3.46. The summed E-state index contributed by atoms with van der Waals surface area (Å²) in [5.41, 5.74) is 4.51. The van der Waals surface area contributed by atoms with Gasteiger partial charge in [-0.25, -0.2) is 19.3 Å². The molecule has 0 fully saturated rings. The lowest BCUT2D eigenvalue weighted by Crippen LogP contribution is -2.26. The van der Waals surface area contributed by atoms with Crippen molar-refractivity contribution in [3.8, 4) is 11.4 Å². The number of hydrogen-bond donors (Lipinski definition) is 2. The van der Waals surface area contributed by atoms with E-state index in [2.05, 4.69) is 55.1 Å². The van der Waals surface area contributed by atoms with Crippen LogP contribution in [-0.4, -0.2) is 42.6 Å². The zero-order chi connectivity index (χ0) is 19.0. The second-order valence-corrected chi connectivity index (χ2v) is 6.37. The normalized spacial score (nSPS) is 11.0. The highest BCUT2D eigenvalue weighted by Crippen LogP contribution is 2.08. The summed E-state index contributed by atoms with van der Waals surface area (Å²) in [6, 6.07) is 16.6. The van der Waals surface area contributed by atoms with Gasteiger partial charge in [0.05, 0.1) is 11.4 Å². The van der Waals surface area contributed by atoms with Crippen molar-refractivity contribution in [3.63, 3.8) is 0 Å². The van der Waals surface area contributed by atoms with Crippen LogP contribution < -0.4 is 10.6 Å². The van der Waals surface area contributed by atoms with Crippen molar-refractivity contribution in [3.05, 3.63) is 85.0 Å². The van der Waals surface area contributed by atoms with Crippen LogP contribution in [0.5, 0.6) is 0 Å². The van der Waals surface area contributed by atoms with E-state index in [1.165, 1.54) is 23.8 Å². The van der Waals surface area contributed by atoms with Crippen LogP contribution in [0.3, 0.4) is 0 Å². The molecule has 0 saturated carbocycles. The van der Waals surface area contributed by atoms with Crippen molar-refractivity contribution >= 4 is 0 Å². The summed E-state index contributed by atoms with van der Waals surface area (Å²) in [4.78, 5) is 7.93. The van der Waals surface area contributed by atoms with Gasteiger partial charge in [-0.2, -0.15) is 10.2 Å². The van der Waals surface area contributed by atoms with Crippen LogP contribution in [-0.2, 0) is 13.1 Å². The standard InChI is InChI=1S/C20H22N8/c1-5-19(27-15-23-13-25-27)6-2-17(1)11-21-9-10-22-12-18-3-7-20(8-4-18)28-16-24-14-26-28/h1-8,13-16,21-22H,9-12H2. The molecule has 8 nitrogen and oxygen atoms in total. The molecule has 142 valence electrons.